The molecule has 3 aliphatic heterocycles. The number of carbonyl (C=O) groups is 1. The lowest BCUT2D eigenvalue weighted by Gasteiger charge is -2.40. The predicted molar refractivity (Wildman–Crippen MR) is 125 cm³/mol. The molecule has 6 nitrogen and oxygen atoms in total. The van der Waals surface area contributed by atoms with Crippen LogP contribution in [0.3, 0.4) is 0 Å². The van der Waals surface area contributed by atoms with Gasteiger partial charge in [-0.3, -0.25) is 4.79 Å². The summed E-state index contributed by atoms with van der Waals surface area (Å²) < 4.78 is 0.973. The number of nitrogens with zero attached hydrogens (tertiary/aromatic N) is 3. The highest BCUT2D eigenvalue weighted by atomic mass is 79.9. The molecule has 2 aromatic rings. The maximum atomic E-state index is 13.2. The van der Waals surface area contributed by atoms with Crippen molar-refractivity contribution in [1.82, 2.24) is 9.97 Å². The van der Waals surface area contributed by atoms with Crippen LogP contribution in [0.1, 0.15) is 48.7 Å². The third kappa shape index (κ3) is 4.83. The van der Waals surface area contributed by atoms with E-state index in [-0.39, 0.29) is 5.91 Å². The number of piperidine rings is 1. The Morgan fingerprint density at radius 3 is 2.73 bits per heavy atom. The van der Waals surface area contributed by atoms with E-state index in [1.54, 1.807) is 6.07 Å². The Hall–Kier alpha value is -2.41. The normalized spacial score (nSPS) is 20.0. The maximum absolute atomic E-state index is 13.2. The standard InChI is InChI=1S/C23H28BrN5O/c1-16-14-20-27-21(30)18-7-6-17(24)15-19(18)29-12-9-23(2,10-13-29)8-4-3-5-11-25-22(26-16)28-20/h3-4,6-7,14-15H,5,8-13H2,1-2H3,(H2,25,26,27,28,30)/b4-3+. The molecule has 1 fully saturated rings. The van der Waals surface area contributed by atoms with E-state index in [2.05, 4.69) is 60.5 Å². The highest BCUT2D eigenvalue weighted by molar-refractivity contribution is 9.10. The highest BCUT2D eigenvalue weighted by Crippen LogP contribution is 2.38. The minimum absolute atomic E-state index is 0.152. The zero-order valence-electron chi connectivity index (χ0n) is 17.5. The van der Waals surface area contributed by atoms with Crippen molar-refractivity contribution in [1.29, 1.82) is 0 Å². The monoisotopic (exact) mass is 469 g/mol. The molecular formula is C23H28BrN5O. The van der Waals surface area contributed by atoms with Crippen LogP contribution in [0.4, 0.5) is 17.5 Å². The average Bonchev–Trinajstić information content (AvgIpc) is 2.70. The van der Waals surface area contributed by atoms with E-state index in [9.17, 15) is 4.79 Å². The number of anilines is 3. The van der Waals surface area contributed by atoms with Crippen LogP contribution in [0.25, 0.3) is 0 Å². The van der Waals surface area contributed by atoms with Crippen molar-refractivity contribution in [3.63, 3.8) is 0 Å². The van der Waals surface area contributed by atoms with E-state index >= 15 is 0 Å². The number of aryl methyl sites for hydroxylation is 1. The zero-order chi connectivity index (χ0) is 21.1. The van der Waals surface area contributed by atoms with Crippen molar-refractivity contribution < 1.29 is 4.79 Å². The van der Waals surface area contributed by atoms with E-state index in [0.717, 1.165) is 61.2 Å². The van der Waals surface area contributed by atoms with Gasteiger partial charge in [-0.2, -0.15) is 4.98 Å². The molecule has 4 bridgehead atoms. The fourth-order valence-corrected chi connectivity index (χ4v) is 4.45. The number of carbonyl (C=O) groups excluding carboxylic acids is 1. The quantitative estimate of drug-likeness (QED) is 0.520. The van der Waals surface area contributed by atoms with Crippen molar-refractivity contribution in [2.24, 2.45) is 5.41 Å². The van der Waals surface area contributed by atoms with Crippen LogP contribution >= 0.6 is 15.9 Å². The number of amides is 1. The molecule has 158 valence electrons. The van der Waals surface area contributed by atoms with E-state index in [1.807, 2.05) is 25.1 Å². The first kappa shape index (κ1) is 20.8. The van der Waals surface area contributed by atoms with Gasteiger partial charge in [0.05, 0.1) is 11.3 Å². The van der Waals surface area contributed by atoms with Gasteiger partial charge in [0.25, 0.3) is 5.91 Å². The molecule has 5 rings (SSSR count). The molecule has 2 N–H and O–H groups in total. The second-order valence-electron chi connectivity index (χ2n) is 8.52. The van der Waals surface area contributed by atoms with Crippen molar-refractivity contribution in [2.75, 3.05) is 35.2 Å². The Morgan fingerprint density at radius 2 is 1.93 bits per heavy atom. The van der Waals surface area contributed by atoms with Gasteiger partial charge >= 0.3 is 0 Å². The molecule has 0 atom stereocenters. The number of nitrogens with one attached hydrogen (secondary N) is 2. The van der Waals surface area contributed by atoms with E-state index in [4.69, 9.17) is 0 Å². The summed E-state index contributed by atoms with van der Waals surface area (Å²) in [6, 6.07) is 7.64. The van der Waals surface area contributed by atoms with Crippen LogP contribution in [0.2, 0.25) is 0 Å². The average molecular weight is 470 g/mol. The van der Waals surface area contributed by atoms with Crippen LogP contribution in [0, 0.1) is 12.3 Å². The Bertz CT molecular complexity index is 966. The van der Waals surface area contributed by atoms with Gasteiger partial charge in [0.15, 0.2) is 0 Å². The van der Waals surface area contributed by atoms with E-state index in [1.165, 1.54) is 0 Å². The Labute approximate surface area is 186 Å². The van der Waals surface area contributed by atoms with Gasteiger partial charge in [0, 0.05) is 35.9 Å². The molecule has 0 saturated carbocycles. The van der Waals surface area contributed by atoms with E-state index < -0.39 is 0 Å². The summed E-state index contributed by atoms with van der Waals surface area (Å²) >= 11 is 3.57. The Balaban J connectivity index is 1.70. The van der Waals surface area contributed by atoms with Gasteiger partial charge in [-0.1, -0.05) is 35.0 Å². The number of benzene rings is 1. The minimum Gasteiger partial charge on any atom is -0.371 e. The number of hydrogen-bond acceptors (Lipinski definition) is 5. The molecule has 3 aliphatic rings. The zero-order valence-corrected chi connectivity index (χ0v) is 19.1. The van der Waals surface area contributed by atoms with Gasteiger partial charge in [-0.15, -0.1) is 0 Å². The second kappa shape index (κ2) is 8.76. The third-order valence-corrected chi connectivity index (χ3v) is 6.48. The van der Waals surface area contributed by atoms with E-state index in [0.29, 0.717) is 22.7 Å². The van der Waals surface area contributed by atoms with Crippen molar-refractivity contribution in [2.45, 2.75) is 39.5 Å². The topological polar surface area (TPSA) is 70.2 Å². The lowest BCUT2D eigenvalue weighted by Crippen LogP contribution is -2.39. The molecule has 0 aliphatic carbocycles. The first-order valence-electron chi connectivity index (χ1n) is 10.5. The van der Waals surface area contributed by atoms with Gasteiger partial charge in [0.1, 0.15) is 5.82 Å². The summed E-state index contributed by atoms with van der Waals surface area (Å²) in [6.45, 7) is 6.92. The summed E-state index contributed by atoms with van der Waals surface area (Å²) in [6.07, 6.45) is 8.77. The first-order chi connectivity index (χ1) is 14.4. The second-order valence-corrected chi connectivity index (χ2v) is 9.44. The molecule has 1 amide bonds. The first-order valence-corrected chi connectivity index (χ1v) is 11.3. The van der Waals surface area contributed by atoms with Crippen LogP contribution in [-0.2, 0) is 0 Å². The predicted octanol–water partition coefficient (Wildman–Crippen LogP) is 5.17. The van der Waals surface area contributed by atoms with Gasteiger partial charge in [0.2, 0.25) is 5.95 Å². The largest absolute Gasteiger partial charge is 0.371 e. The van der Waals surface area contributed by atoms with Crippen LogP contribution in [-0.4, -0.2) is 35.5 Å². The lowest BCUT2D eigenvalue weighted by atomic mass is 9.77. The molecule has 0 unspecified atom stereocenters. The van der Waals surface area contributed by atoms with Crippen LogP contribution in [0.15, 0.2) is 40.9 Å². The molecule has 1 saturated heterocycles. The SMILES string of the molecule is Cc1cc2nc(n1)NCC/C=C/CC1(C)CCN(CC1)c1cc(Br)ccc1C(=O)N2. The third-order valence-electron chi connectivity index (χ3n) is 5.98. The number of rotatable bonds is 0. The van der Waals surface area contributed by atoms with Crippen molar-refractivity contribution in [3.8, 4) is 0 Å². The number of aromatic nitrogens is 2. The molecule has 0 radical (unpaired) electrons. The maximum Gasteiger partial charge on any atom is 0.258 e. The Morgan fingerprint density at radius 1 is 1.13 bits per heavy atom. The van der Waals surface area contributed by atoms with Crippen LogP contribution in [0.5, 0.6) is 0 Å². The van der Waals surface area contributed by atoms with Gasteiger partial charge in [-0.05, 0) is 56.2 Å². The molecule has 4 heterocycles. The molecule has 0 spiro atoms. The van der Waals surface area contributed by atoms with Gasteiger partial charge in [-0.25, -0.2) is 4.98 Å². The highest BCUT2D eigenvalue weighted by Gasteiger charge is 2.30. The Kier molecular flexibility index (Phi) is 6.09. The molecule has 1 aromatic carbocycles. The molecular weight excluding hydrogens is 442 g/mol. The molecule has 7 heteroatoms. The van der Waals surface area contributed by atoms with Crippen LogP contribution < -0.4 is 15.5 Å². The fraction of sp³-hybridized carbons (Fsp3) is 0.435. The summed E-state index contributed by atoms with van der Waals surface area (Å²) in [5.41, 5.74) is 2.74. The smallest absolute Gasteiger partial charge is 0.258 e. The molecule has 30 heavy (non-hydrogen) atoms. The lowest BCUT2D eigenvalue weighted by molar-refractivity contribution is 0.102. The summed E-state index contributed by atoms with van der Waals surface area (Å²) in [5, 5.41) is 6.24. The van der Waals surface area contributed by atoms with Gasteiger partial charge < -0.3 is 15.5 Å². The summed E-state index contributed by atoms with van der Waals surface area (Å²) in [7, 11) is 0. The minimum atomic E-state index is -0.152. The van der Waals surface area contributed by atoms with Crippen molar-refractivity contribution in [3.05, 3.63) is 52.1 Å². The summed E-state index contributed by atoms with van der Waals surface area (Å²) in [5.74, 6) is 0.894. The fourth-order valence-electron chi connectivity index (χ4n) is 4.10. The van der Waals surface area contributed by atoms with Crippen molar-refractivity contribution >= 4 is 39.3 Å². The number of allylic oxidation sites excluding steroid dienone is 1. The number of hydrogen-bond donors (Lipinski definition) is 2. The number of fused-ring (bicyclic) bond motifs is 7. The molecule has 1 aromatic heterocycles. The summed E-state index contributed by atoms with van der Waals surface area (Å²) in [4.78, 5) is 24.4. The number of halogens is 1.